The summed E-state index contributed by atoms with van der Waals surface area (Å²) < 4.78 is 83.8. The van der Waals surface area contributed by atoms with Gasteiger partial charge in [0.15, 0.2) is 12.2 Å². The third-order valence-electron chi connectivity index (χ3n) is 4.37. The van der Waals surface area contributed by atoms with Crippen LogP contribution >= 0.6 is 0 Å². The molecule has 0 amide bonds. The summed E-state index contributed by atoms with van der Waals surface area (Å²) in [6.07, 6.45) is -16.3. The highest BCUT2D eigenvalue weighted by atomic mass is 19.4. The van der Waals surface area contributed by atoms with Crippen molar-refractivity contribution in [3.63, 3.8) is 0 Å². The fourth-order valence-electron chi connectivity index (χ4n) is 2.69. The molecule has 4 atom stereocenters. The fourth-order valence-corrected chi connectivity index (χ4v) is 2.69. The van der Waals surface area contributed by atoms with E-state index in [1.54, 1.807) is 0 Å². The molecular weight excluding hydrogens is 398 g/mol. The van der Waals surface area contributed by atoms with E-state index in [-0.39, 0.29) is 44.3 Å². The van der Waals surface area contributed by atoms with E-state index in [1.807, 2.05) is 0 Å². The smallest absolute Gasteiger partial charge is 0.381 e. The monoisotopic (exact) mass is 426 g/mol. The molecule has 0 bridgehead atoms. The third kappa shape index (κ3) is 10.6. The van der Waals surface area contributed by atoms with Gasteiger partial charge in [-0.1, -0.05) is 12.8 Å². The first-order valence-corrected chi connectivity index (χ1v) is 8.91. The summed E-state index contributed by atoms with van der Waals surface area (Å²) in [6, 6.07) is 0. The van der Waals surface area contributed by atoms with Crippen molar-refractivity contribution in [3.8, 4) is 0 Å². The van der Waals surface area contributed by atoms with Gasteiger partial charge in [-0.25, -0.2) is 0 Å². The highest BCUT2D eigenvalue weighted by Gasteiger charge is 2.44. The maximum absolute atomic E-state index is 12.4. The Bertz CT molecular complexity index is 403. The minimum Gasteiger partial charge on any atom is -0.381 e. The first kappa shape index (κ1) is 27.1. The molecule has 0 radical (unpaired) electrons. The number of alkyl halides is 6. The number of Topliss-reactive ketones (excluding diaryl/α,β-unsaturated/α-hetero) is 1. The van der Waals surface area contributed by atoms with Crippen LogP contribution in [-0.2, 0) is 14.3 Å². The summed E-state index contributed by atoms with van der Waals surface area (Å²) in [5.41, 5.74) is 0. The van der Waals surface area contributed by atoms with Crippen molar-refractivity contribution in [3.05, 3.63) is 0 Å². The molecule has 0 aromatic rings. The second kappa shape index (κ2) is 12.6. The molecule has 28 heavy (non-hydrogen) atoms. The Morgan fingerprint density at radius 2 is 1.07 bits per heavy atom. The average molecular weight is 426 g/mol. The molecule has 0 aromatic heterocycles. The van der Waals surface area contributed by atoms with Gasteiger partial charge >= 0.3 is 12.4 Å². The first-order chi connectivity index (χ1) is 12.8. The number of aliphatic hydroxyl groups excluding tert-OH is 2. The molecule has 0 spiro atoms. The van der Waals surface area contributed by atoms with Crippen LogP contribution in [-0.4, -0.2) is 67.0 Å². The predicted octanol–water partition coefficient (Wildman–Crippen LogP) is 3.55. The van der Waals surface area contributed by atoms with Gasteiger partial charge in [0.1, 0.15) is 5.78 Å². The molecule has 0 fully saturated rings. The zero-order valence-corrected chi connectivity index (χ0v) is 15.9. The van der Waals surface area contributed by atoms with Crippen LogP contribution in [0.1, 0.15) is 51.4 Å². The molecule has 0 saturated heterocycles. The fraction of sp³-hybridized carbons (Fsp3) is 0.941. The minimum atomic E-state index is -4.78. The van der Waals surface area contributed by atoms with Crippen LogP contribution in [0.5, 0.6) is 0 Å². The number of rotatable bonds is 14. The lowest BCUT2D eigenvalue weighted by molar-refractivity contribution is -0.234. The number of carbonyl (C=O) groups is 1. The number of aliphatic hydroxyl groups is 2. The second-order valence-corrected chi connectivity index (χ2v) is 6.55. The van der Waals surface area contributed by atoms with Gasteiger partial charge in [-0.15, -0.1) is 0 Å². The molecular formula is C17H28F6O5. The molecule has 0 aliphatic rings. The summed E-state index contributed by atoms with van der Waals surface area (Å²) in [4.78, 5) is 11.7. The van der Waals surface area contributed by atoms with E-state index in [0.717, 1.165) is 14.2 Å². The van der Waals surface area contributed by atoms with Gasteiger partial charge in [-0.3, -0.25) is 4.79 Å². The van der Waals surface area contributed by atoms with E-state index in [1.165, 1.54) is 0 Å². The summed E-state index contributed by atoms with van der Waals surface area (Å²) in [7, 11) is 2.13. The molecule has 0 aliphatic heterocycles. The van der Waals surface area contributed by atoms with E-state index in [4.69, 9.17) is 10.2 Å². The highest BCUT2D eigenvalue weighted by molar-refractivity contribution is 5.78. The molecule has 0 aromatic carbocycles. The molecule has 2 N–H and O–H groups in total. The lowest BCUT2D eigenvalue weighted by Gasteiger charge is -2.23. The Morgan fingerprint density at radius 1 is 0.750 bits per heavy atom. The number of ether oxygens (including phenoxy) is 2. The minimum absolute atomic E-state index is 0.0602. The number of hydrogen-bond acceptors (Lipinski definition) is 5. The quantitative estimate of drug-likeness (QED) is 0.328. The summed E-state index contributed by atoms with van der Waals surface area (Å²) in [5.74, 6) is -0.157. The molecule has 5 nitrogen and oxygen atoms in total. The number of halogens is 6. The van der Waals surface area contributed by atoms with Crippen LogP contribution in [0.2, 0.25) is 0 Å². The summed E-state index contributed by atoms with van der Waals surface area (Å²) >= 11 is 0. The normalized spacial score (nSPS) is 17.2. The third-order valence-corrected chi connectivity index (χ3v) is 4.37. The number of ketones is 1. The molecule has 0 heterocycles. The molecule has 2 unspecified atom stereocenters. The van der Waals surface area contributed by atoms with E-state index in [0.29, 0.717) is 12.8 Å². The Kier molecular flexibility index (Phi) is 12.2. The predicted molar refractivity (Wildman–Crippen MR) is 87.7 cm³/mol. The Labute approximate surface area is 160 Å². The topological polar surface area (TPSA) is 76.0 Å². The zero-order chi connectivity index (χ0) is 22.0. The molecule has 11 heteroatoms. The van der Waals surface area contributed by atoms with Crippen molar-refractivity contribution in [2.24, 2.45) is 0 Å². The number of carbonyl (C=O) groups excluding carboxylic acids is 1. The van der Waals surface area contributed by atoms with Crippen molar-refractivity contribution < 1.29 is 50.8 Å². The standard InChI is InChI=1S/C17H28F6O5/c1-27-12(14(25)16(18,19)20)9-5-3-7-11(24)8-4-6-10-13(28-2)15(26)17(21,22)23/h12-15,25-26H,3-10H2,1-2H3/t12-,13-,14?,15?/m1/s1. The van der Waals surface area contributed by atoms with Crippen molar-refractivity contribution >= 4 is 5.78 Å². The van der Waals surface area contributed by atoms with Gasteiger partial charge in [0, 0.05) is 27.1 Å². The Hall–Kier alpha value is -0.910. The van der Waals surface area contributed by atoms with Crippen LogP contribution in [0.15, 0.2) is 0 Å². The van der Waals surface area contributed by atoms with Crippen LogP contribution in [0.25, 0.3) is 0 Å². The maximum Gasteiger partial charge on any atom is 0.416 e. The van der Waals surface area contributed by atoms with Gasteiger partial charge in [-0.2, -0.15) is 26.3 Å². The molecule has 0 aliphatic carbocycles. The maximum atomic E-state index is 12.4. The van der Waals surface area contributed by atoms with Gasteiger partial charge in [0.05, 0.1) is 12.2 Å². The van der Waals surface area contributed by atoms with Crippen LogP contribution < -0.4 is 0 Å². The van der Waals surface area contributed by atoms with Crippen LogP contribution in [0.3, 0.4) is 0 Å². The van der Waals surface area contributed by atoms with E-state index in [9.17, 15) is 31.1 Å². The molecule has 0 rings (SSSR count). The van der Waals surface area contributed by atoms with E-state index < -0.39 is 36.8 Å². The van der Waals surface area contributed by atoms with Crippen molar-refractivity contribution in [2.75, 3.05) is 14.2 Å². The van der Waals surface area contributed by atoms with Gasteiger partial charge in [0.25, 0.3) is 0 Å². The number of unbranched alkanes of at least 4 members (excludes halogenated alkanes) is 2. The average Bonchev–Trinajstić information content (AvgIpc) is 2.59. The highest BCUT2D eigenvalue weighted by Crippen LogP contribution is 2.27. The van der Waals surface area contributed by atoms with Crippen LogP contribution in [0.4, 0.5) is 26.3 Å². The number of methoxy groups -OCH3 is 2. The van der Waals surface area contributed by atoms with Gasteiger partial charge < -0.3 is 19.7 Å². The summed E-state index contributed by atoms with van der Waals surface area (Å²) in [6.45, 7) is 0. The molecule has 168 valence electrons. The Balaban J connectivity index is 4.02. The van der Waals surface area contributed by atoms with Crippen LogP contribution in [0, 0.1) is 0 Å². The lowest BCUT2D eigenvalue weighted by atomic mass is 10.0. The van der Waals surface area contributed by atoms with Gasteiger partial charge in [-0.05, 0) is 25.7 Å². The lowest BCUT2D eigenvalue weighted by Crippen LogP contribution is -2.40. The summed E-state index contributed by atoms with van der Waals surface area (Å²) in [5, 5.41) is 18.3. The first-order valence-electron chi connectivity index (χ1n) is 8.91. The largest absolute Gasteiger partial charge is 0.416 e. The molecule has 0 saturated carbocycles. The zero-order valence-electron chi connectivity index (χ0n) is 15.9. The van der Waals surface area contributed by atoms with E-state index in [2.05, 4.69) is 9.47 Å². The van der Waals surface area contributed by atoms with Crippen molar-refractivity contribution in [1.82, 2.24) is 0 Å². The number of hydrogen-bond donors (Lipinski definition) is 2. The van der Waals surface area contributed by atoms with Gasteiger partial charge in [0.2, 0.25) is 0 Å². The Morgan fingerprint density at radius 3 is 1.32 bits per heavy atom. The van der Waals surface area contributed by atoms with Crippen molar-refractivity contribution in [2.45, 2.75) is 88.1 Å². The van der Waals surface area contributed by atoms with E-state index >= 15 is 0 Å². The van der Waals surface area contributed by atoms with Crippen molar-refractivity contribution in [1.29, 1.82) is 0 Å². The second-order valence-electron chi connectivity index (χ2n) is 6.55. The SMILES string of the molecule is CO[C@H](CCCCC(=O)CCCC[C@@H](OC)C(O)C(F)(F)F)C(O)C(F)(F)F.